The number of nitrogens with one attached hydrogen (secondary N) is 1. The molecule has 23 heavy (non-hydrogen) atoms. The molecule has 0 fully saturated rings. The Kier molecular flexibility index (Phi) is 5.30. The minimum absolute atomic E-state index is 0.000464. The van der Waals surface area contributed by atoms with Gasteiger partial charge in [0.2, 0.25) is 11.8 Å². The third-order valence-electron chi connectivity index (χ3n) is 3.05. The van der Waals surface area contributed by atoms with Crippen molar-refractivity contribution in [1.82, 2.24) is 10.3 Å². The van der Waals surface area contributed by atoms with Crippen LogP contribution in [-0.2, 0) is 4.79 Å². The number of primary amides is 1. The summed E-state index contributed by atoms with van der Waals surface area (Å²) < 4.78 is 5.42. The monoisotopic (exact) mass is 313 g/mol. The highest BCUT2D eigenvalue weighted by Crippen LogP contribution is 2.14. The second kappa shape index (κ2) is 7.40. The van der Waals surface area contributed by atoms with Gasteiger partial charge in [-0.3, -0.25) is 9.59 Å². The average Bonchev–Trinajstić information content (AvgIpc) is 2.53. The van der Waals surface area contributed by atoms with Gasteiger partial charge in [-0.1, -0.05) is 30.3 Å². The van der Waals surface area contributed by atoms with Crippen LogP contribution in [0.4, 0.5) is 0 Å². The van der Waals surface area contributed by atoms with Crippen LogP contribution >= 0.6 is 0 Å². The van der Waals surface area contributed by atoms with E-state index in [-0.39, 0.29) is 6.10 Å². The lowest BCUT2D eigenvalue weighted by Gasteiger charge is -2.16. The van der Waals surface area contributed by atoms with Crippen molar-refractivity contribution in [3.05, 3.63) is 59.8 Å². The highest BCUT2D eigenvalue weighted by Gasteiger charge is 2.20. The number of ether oxygens (including phenoxy) is 1. The lowest BCUT2D eigenvalue weighted by atomic mass is 10.1. The Morgan fingerprint density at radius 2 is 1.83 bits per heavy atom. The molecule has 6 heteroatoms. The zero-order valence-electron chi connectivity index (χ0n) is 13.0. The molecule has 2 amide bonds. The number of aromatic nitrogens is 1. The summed E-state index contributed by atoms with van der Waals surface area (Å²) in [6, 6.07) is 11.1. The maximum absolute atomic E-state index is 12.3. The average molecular weight is 313 g/mol. The lowest BCUT2D eigenvalue weighted by molar-refractivity contribution is -0.120. The Bertz CT molecular complexity index is 669. The molecule has 0 radical (unpaired) electrons. The summed E-state index contributed by atoms with van der Waals surface area (Å²) in [5, 5.41) is 2.61. The largest absolute Gasteiger partial charge is 0.475 e. The summed E-state index contributed by atoms with van der Waals surface area (Å²) in [4.78, 5) is 27.9. The standard InChI is InChI=1S/C17H19N3O3/c1-11(2)23-14-9-8-13(10-19-14)17(22)20-15(16(18)21)12-6-4-3-5-7-12/h3-11,15H,1-2H3,(H2,18,21)(H,20,22). The van der Waals surface area contributed by atoms with E-state index in [1.165, 1.54) is 6.20 Å². The summed E-state index contributed by atoms with van der Waals surface area (Å²) in [6.45, 7) is 3.78. The number of nitrogens with zero attached hydrogens (tertiary/aromatic N) is 1. The number of pyridine rings is 1. The van der Waals surface area contributed by atoms with E-state index < -0.39 is 17.9 Å². The van der Waals surface area contributed by atoms with E-state index in [4.69, 9.17) is 10.5 Å². The first-order chi connectivity index (χ1) is 11.0. The van der Waals surface area contributed by atoms with Crippen LogP contribution in [0.15, 0.2) is 48.7 Å². The molecule has 120 valence electrons. The minimum atomic E-state index is -0.893. The number of carbonyl (C=O) groups excluding carboxylic acids is 2. The van der Waals surface area contributed by atoms with Crippen molar-refractivity contribution in [2.75, 3.05) is 0 Å². The molecule has 1 unspecified atom stereocenters. The fourth-order valence-corrected chi connectivity index (χ4v) is 2.00. The SMILES string of the molecule is CC(C)Oc1ccc(C(=O)NC(C(N)=O)c2ccccc2)cn1. The molecule has 0 saturated heterocycles. The smallest absolute Gasteiger partial charge is 0.253 e. The van der Waals surface area contributed by atoms with Crippen LogP contribution < -0.4 is 15.8 Å². The number of hydrogen-bond acceptors (Lipinski definition) is 4. The number of amides is 2. The first kappa shape index (κ1) is 16.5. The van der Waals surface area contributed by atoms with Gasteiger partial charge < -0.3 is 15.8 Å². The van der Waals surface area contributed by atoms with E-state index in [2.05, 4.69) is 10.3 Å². The van der Waals surface area contributed by atoms with Crippen LogP contribution in [0.2, 0.25) is 0 Å². The van der Waals surface area contributed by atoms with E-state index in [9.17, 15) is 9.59 Å². The van der Waals surface area contributed by atoms with Gasteiger partial charge in [0.15, 0.2) is 0 Å². The van der Waals surface area contributed by atoms with Crippen molar-refractivity contribution in [2.45, 2.75) is 26.0 Å². The molecule has 2 aromatic rings. The zero-order valence-corrected chi connectivity index (χ0v) is 13.0. The van der Waals surface area contributed by atoms with Crippen LogP contribution in [0, 0.1) is 0 Å². The zero-order chi connectivity index (χ0) is 16.8. The highest BCUT2D eigenvalue weighted by atomic mass is 16.5. The van der Waals surface area contributed by atoms with Gasteiger partial charge in [-0.05, 0) is 25.5 Å². The molecule has 1 aromatic heterocycles. The maximum atomic E-state index is 12.3. The second-order valence-corrected chi connectivity index (χ2v) is 5.27. The Morgan fingerprint density at radius 3 is 2.35 bits per heavy atom. The quantitative estimate of drug-likeness (QED) is 0.850. The summed E-state index contributed by atoms with van der Waals surface area (Å²) in [5.74, 6) is -0.621. The van der Waals surface area contributed by atoms with Crippen molar-refractivity contribution < 1.29 is 14.3 Å². The topological polar surface area (TPSA) is 94.3 Å². The van der Waals surface area contributed by atoms with Crippen LogP contribution in [0.25, 0.3) is 0 Å². The molecule has 6 nitrogen and oxygen atoms in total. The third kappa shape index (κ3) is 4.54. The molecule has 1 heterocycles. The molecule has 0 spiro atoms. The minimum Gasteiger partial charge on any atom is -0.475 e. The van der Waals surface area contributed by atoms with Gasteiger partial charge in [0.1, 0.15) is 6.04 Å². The number of hydrogen-bond donors (Lipinski definition) is 2. The number of nitrogens with two attached hydrogens (primary N) is 1. The predicted octanol–water partition coefficient (Wildman–Crippen LogP) is 1.83. The van der Waals surface area contributed by atoms with E-state index in [0.29, 0.717) is 17.0 Å². The van der Waals surface area contributed by atoms with Crippen molar-refractivity contribution in [1.29, 1.82) is 0 Å². The fraction of sp³-hybridized carbons (Fsp3) is 0.235. The maximum Gasteiger partial charge on any atom is 0.253 e. The van der Waals surface area contributed by atoms with E-state index in [1.54, 1.807) is 36.4 Å². The van der Waals surface area contributed by atoms with Gasteiger partial charge >= 0.3 is 0 Å². The molecule has 1 atom stereocenters. The molecule has 3 N–H and O–H groups in total. The first-order valence-corrected chi connectivity index (χ1v) is 7.25. The van der Waals surface area contributed by atoms with Crippen LogP contribution in [0.3, 0.4) is 0 Å². The lowest BCUT2D eigenvalue weighted by Crippen LogP contribution is -2.37. The van der Waals surface area contributed by atoms with E-state index >= 15 is 0 Å². The third-order valence-corrected chi connectivity index (χ3v) is 3.05. The molecule has 0 aliphatic rings. The molecule has 1 aromatic carbocycles. The summed E-state index contributed by atoms with van der Waals surface area (Å²) in [7, 11) is 0. The Labute approximate surface area is 134 Å². The molecule has 2 rings (SSSR count). The number of rotatable bonds is 6. The molecule has 0 bridgehead atoms. The Hall–Kier alpha value is -2.89. The Morgan fingerprint density at radius 1 is 1.13 bits per heavy atom. The molecule has 0 aliphatic heterocycles. The normalized spacial score (nSPS) is 11.8. The molecule has 0 saturated carbocycles. The number of benzene rings is 1. The number of carbonyl (C=O) groups is 2. The van der Waals surface area contributed by atoms with Gasteiger partial charge in [-0.25, -0.2) is 4.98 Å². The summed E-state index contributed by atoms with van der Waals surface area (Å²) >= 11 is 0. The van der Waals surface area contributed by atoms with Crippen molar-refractivity contribution in [3.8, 4) is 5.88 Å². The highest BCUT2D eigenvalue weighted by molar-refractivity contribution is 5.97. The van der Waals surface area contributed by atoms with Gasteiger partial charge in [0.25, 0.3) is 5.91 Å². The summed E-state index contributed by atoms with van der Waals surface area (Å²) in [6.07, 6.45) is 1.40. The second-order valence-electron chi connectivity index (χ2n) is 5.27. The van der Waals surface area contributed by atoms with Gasteiger partial charge in [0, 0.05) is 12.3 Å². The molecule has 0 aliphatic carbocycles. The molecular weight excluding hydrogens is 294 g/mol. The van der Waals surface area contributed by atoms with Crippen molar-refractivity contribution in [3.63, 3.8) is 0 Å². The van der Waals surface area contributed by atoms with Crippen molar-refractivity contribution >= 4 is 11.8 Å². The Balaban J connectivity index is 2.11. The van der Waals surface area contributed by atoms with Gasteiger partial charge in [0.05, 0.1) is 11.7 Å². The van der Waals surface area contributed by atoms with E-state index in [0.717, 1.165) is 0 Å². The van der Waals surface area contributed by atoms with Crippen LogP contribution in [-0.4, -0.2) is 22.9 Å². The van der Waals surface area contributed by atoms with Gasteiger partial charge in [-0.2, -0.15) is 0 Å². The summed E-state index contributed by atoms with van der Waals surface area (Å²) in [5.41, 5.74) is 6.33. The molecular formula is C17H19N3O3. The van der Waals surface area contributed by atoms with Crippen LogP contribution in [0.1, 0.15) is 35.8 Å². The van der Waals surface area contributed by atoms with E-state index in [1.807, 2.05) is 19.9 Å². The fourth-order valence-electron chi connectivity index (χ4n) is 2.00. The van der Waals surface area contributed by atoms with Crippen LogP contribution in [0.5, 0.6) is 5.88 Å². The predicted molar refractivity (Wildman–Crippen MR) is 85.8 cm³/mol. The first-order valence-electron chi connectivity index (χ1n) is 7.25. The van der Waals surface area contributed by atoms with Crippen molar-refractivity contribution in [2.24, 2.45) is 5.73 Å². The van der Waals surface area contributed by atoms with Gasteiger partial charge in [-0.15, -0.1) is 0 Å².